The Hall–Kier alpha value is -2.61. The Morgan fingerprint density at radius 2 is 1.68 bits per heavy atom. The average Bonchev–Trinajstić information content (AvgIpc) is 2.44. The molecule has 0 saturated carbocycles. The summed E-state index contributed by atoms with van der Waals surface area (Å²) >= 11 is 0. The molecule has 2 aromatic rings. The zero-order chi connectivity index (χ0) is 14.0. The van der Waals surface area contributed by atoms with Crippen LogP contribution < -0.4 is 0 Å². The van der Waals surface area contributed by atoms with Gasteiger partial charge in [0.2, 0.25) is 0 Å². The Morgan fingerprint density at radius 1 is 1.00 bits per heavy atom. The van der Waals surface area contributed by atoms with E-state index in [1.165, 1.54) is 18.2 Å². The van der Waals surface area contributed by atoms with E-state index in [0.29, 0.717) is 6.29 Å². The van der Waals surface area contributed by atoms with Crippen LogP contribution in [0.1, 0.15) is 15.9 Å². The molecule has 0 bridgehead atoms. The quantitative estimate of drug-likeness (QED) is 0.613. The van der Waals surface area contributed by atoms with Crippen LogP contribution in [-0.2, 0) is 0 Å². The molecule has 0 spiro atoms. The summed E-state index contributed by atoms with van der Waals surface area (Å²) < 4.78 is 39.7. The largest absolute Gasteiger partial charge is 0.298 e. The topological polar surface area (TPSA) is 40.9 Å². The van der Waals surface area contributed by atoms with Crippen molar-refractivity contribution in [3.63, 3.8) is 0 Å². The number of carbonyl (C=O) groups is 1. The van der Waals surface area contributed by atoms with Crippen molar-refractivity contribution in [3.05, 3.63) is 58.9 Å². The van der Waals surface area contributed by atoms with Crippen molar-refractivity contribution < 1.29 is 18.0 Å². The van der Waals surface area contributed by atoms with Gasteiger partial charge >= 0.3 is 0 Å². The SMILES string of the molecule is N#Cc1ccc(-c2ccc(F)c(F)c2F)c(C=O)c1. The minimum atomic E-state index is -1.60. The normalized spacial score (nSPS) is 10.0. The monoisotopic (exact) mass is 261 g/mol. The molecule has 2 nitrogen and oxygen atoms in total. The number of hydrogen-bond acceptors (Lipinski definition) is 2. The molecule has 0 amide bonds. The summed E-state index contributed by atoms with van der Waals surface area (Å²) in [5.41, 5.74) is 0.119. The fourth-order valence-corrected chi connectivity index (χ4v) is 1.71. The summed E-state index contributed by atoms with van der Waals surface area (Å²) in [4.78, 5) is 10.9. The molecular formula is C14H6F3NO. The number of nitrogens with zero attached hydrogens (tertiary/aromatic N) is 1. The van der Waals surface area contributed by atoms with Gasteiger partial charge in [-0.2, -0.15) is 5.26 Å². The first kappa shape index (κ1) is 12.8. The van der Waals surface area contributed by atoms with Crippen LogP contribution in [0, 0.1) is 28.8 Å². The molecular weight excluding hydrogens is 255 g/mol. The number of carbonyl (C=O) groups excluding carboxylic acids is 1. The van der Waals surface area contributed by atoms with Crippen LogP contribution in [0.25, 0.3) is 11.1 Å². The molecule has 0 N–H and O–H groups in total. The van der Waals surface area contributed by atoms with Crippen molar-refractivity contribution in [1.82, 2.24) is 0 Å². The van der Waals surface area contributed by atoms with Crippen LogP contribution in [0.2, 0.25) is 0 Å². The van der Waals surface area contributed by atoms with E-state index >= 15 is 0 Å². The maximum absolute atomic E-state index is 13.7. The highest BCUT2D eigenvalue weighted by Crippen LogP contribution is 2.28. The summed E-state index contributed by atoms with van der Waals surface area (Å²) in [6, 6.07) is 7.59. The van der Waals surface area contributed by atoms with E-state index in [1.54, 1.807) is 0 Å². The van der Waals surface area contributed by atoms with Crippen molar-refractivity contribution in [3.8, 4) is 17.2 Å². The molecule has 0 aliphatic heterocycles. The molecule has 2 aromatic carbocycles. The minimum absolute atomic E-state index is 0.0314. The summed E-state index contributed by atoms with van der Waals surface area (Å²) in [5.74, 6) is -4.27. The number of hydrogen-bond donors (Lipinski definition) is 0. The van der Waals surface area contributed by atoms with Crippen LogP contribution in [0.5, 0.6) is 0 Å². The molecule has 0 aromatic heterocycles. The smallest absolute Gasteiger partial charge is 0.195 e. The van der Waals surface area contributed by atoms with Gasteiger partial charge in [-0.05, 0) is 29.8 Å². The molecule has 0 heterocycles. The summed E-state index contributed by atoms with van der Waals surface area (Å²) in [5, 5.41) is 8.70. The average molecular weight is 261 g/mol. The first-order valence-electron chi connectivity index (χ1n) is 5.21. The predicted molar refractivity (Wildman–Crippen MR) is 61.9 cm³/mol. The third-order valence-corrected chi connectivity index (χ3v) is 2.63. The lowest BCUT2D eigenvalue weighted by molar-refractivity contribution is 0.112. The van der Waals surface area contributed by atoms with Crippen molar-refractivity contribution >= 4 is 6.29 Å². The van der Waals surface area contributed by atoms with Gasteiger partial charge in [0.15, 0.2) is 23.7 Å². The fraction of sp³-hybridized carbons (Fsp3) is 0. The predicted octanol–water partition coefficient (Wildman–Crippen LogP) is 3.46. The number of nitriles is 1. The number of rotatable bonds is 2. The highest BCUT2D eigenvalue weighted by molar-refractivity contribution is 5.88. The van der Waals surface area contributed by atoms with Gasteiger partial charge < -0.3 is 0 Å². The molecule has 5 heteroatoms. The number of halogens is 3. The lowest BCUT2D eigenvalue weighted by Gasteiger charge is -2.07. The van der Waals surface area contributed by atoms with Crippen LogP contribution in [0.4, 0.5) is 13.2 Å². The minimum Gasteiger partial charge on any atom is -0.298 e. The first-order chi connectivity index (χ1) is 9.08. The maximum atomic E-state index is 13.7. The van der Waals surface area contributed by atoms with Gasteiger partial charge in [-0.25, -0.2) is 13.2 Å². The lowest BCUT2D eigenvalue weighted by Crippen LogP contribution is -1.97. The van der Waals surface area contributed by atoms with Gasteiger partial charge in [0, 0.05) is 11.1 Å². The Labute approximate surface area is 106 Å². The van der Waals surface area contributed by atoms with Crippen molar-refractivity contribution in [2.45, 2.75) is 0 Å². The second-order valence-corrected chi connectivity index (χ2v) is 3.75. The summed E-state index contributed by atoms with van der Waals surface area (Å²) in [7, 11) is 0. The molecule has 2 rings (SSSR count). The second-order valence-electron chi connectivity index (χ2n) is 3.75. The molecule has 19 heavy (non-hydrogen) atoms. The van der Waals surface area contributed by atoms with E-state index in [1.807, 2.05) is 6.07 Å². The zero-order valence-corrected chi connectivity index (χ0v) is 9.45. The van der Waals surface area contributed by atoms with Gasteiger partial charge in [-0.1, -0.05) is 6.07 Å². The van der Waals surface area contributed by atoms with Crippen molar-refractivity contribution in [2.75, 3.05) is 0 Å². The Balaban J connectivity index is 2.69. The molecule has 94 valence electrons. The highest BCUT2D eigenvalue weighted by Gasteiger charge is 2.17. The molecule has 0 aliphatic rings. The number of benzene rings is 2. The zero-order valence-electron chi connectivity index (χ0n) is 9.45. The summed E-state index contributed by atoms with van der Waals surface area (Å²) in [6.45, 7) is 0. The van der Waals surface area contributed by atoms with Crippen LogP contribution in [0.15, 0.2) is 30.3 Å². The van der Waals surface area contributed by atoms with Crippen LogP contribution >= 0.6 is 0 Å². The second kappa shape index (κ2) is 4.94. The highest BCUT2D eigenvalue weighted by atomic mass is 19.2. The van der Waals surface area contributed by atoms with Gasteiger partial charge in [-0.3, -0.25) is 4.79 Å². The Kier molecular flexibility index (Phi) is 3.34. The van der Waals surface area contributed by atoms with Gasteiger partial charge in [0.25, 0.3) is 0 Å². The molecule has 0 aliphatic carbocycles. The van der Waals surface area contributed by atoms with E-state index in [0.717, 1.165) is 12.1 Å². The third-order valence-electron chi connectivity index (χ3n) is 2.63. The summed E-state index contributed by atoms with van der Waals surface area (Å²) in [6.07, 6.45) is 0.427. The Morgan fingerprint density at radius 3 is 2.32 bits per heavy atom. The van der Waals surface area contributed by atoms with E-state index in [-0.39, 0.29) is 22.3 Å². The van der Waals surface area contributed by atoms with E-state index in [9.17, 15) is 18.0 Å². The van der Waals surface area contributed by atoms with Gasteiger partial charge in [-0.15, -0.1) is 0 Å². The third kappa shape index (κ3) is 2.20. The molecule has 0 atom stereocenters. The van der Waals surface area contributed by atoms with Gasteiger partial charge in [0.1, 0.15) is 0 Å². The van der Waals surface area contributed by atoms with Crippen molar-refractivity contribution in [2.24, 2.45) is 0 Å². The van der Waals surface area contributed by atoms with Crippen LogP contribution in [0.3, 0.4) is 0 Å². The molecule has 0 radical (unpaired) electrons. The van der Waals surface area contributed by atoms with E-state index < -0.39 is 17.5 Å². The lowest BCUT2D eigenvalue weighted by atomic mass is 9.98. The standard InChI is InChI=1S/C14H6F3NO/c15-12-4-3-11(13(16)14(12)17)10-2-1-8(6-18)5-9(10)7-19/h1-5,7H. The van der Waals surface area contributed by atoms with E-state index in [4.69, 9.17) is 5.26 Å². The Bertz CT molecular complexity index is 705. The molecule has 0 unspecified atom stereocenters. The molecule has 0 fully saturated rings. The van der Waals surface area contributed by atoms with Crippen LogP contribution in [-0.4, -0.2) is 6.29 Å². The molecule has 0 saturated heterocycles. The first-order valence-corrected chi connectivity index (χ1v) is 5.21. The fourth-order valence-electron chi connectivity index (χ4n) is 1.71. The maximum Gasteiger partial charge on any atom is 0.195 e. The van der Waals surface area contributed by atoms with E-state index in [2.05, 4.69) is 0 Å². The van der Waals surface area contributed by atoms with Crippen molar-refractivity contribution in [1.29, 1.82) is 5.26 Å². The van der Waals surface area contributed by atoms with Gasteiger partial charge in [0.05, 0.1) is 11.6 Å². The number of aldehydes is 1.